The Balaban J connectivity index is 1.53. The van der Waals surface area contributed by atoms with Gasteiger partial charge in [0.2, 0.25) is 0 Å². The van der Waals surface area contributed by atoms with E-state index in [1.807, 2.05) is 27.7 Å². The lowest BCUT2D eigenvalue weighted by Gasteiger charge is -2.43. The Labute approximate surface area is 379 Å². The SMILES string of the molecule is CCOC(=O)C1=C(NCCCCCCNC2=C(C(=O)OCC)C(c3ccc(OC(C)C)cc3)C(C(=O)OCC)C(C)(O)C2)CC(C)(O)C(C(=O)OCC)C1c1ccc(OC(C)C)cc1. The molecule has 64 heavy (non-hydrogen) atoms. The number of hydrogen-bond acceptors (Lipinski definition) is 14. The van der Waals surface area contributed by atoms with Gasteiger partial charge in [0.05, 0.1) is 72.8 Å². The van der Waals surface area contributed by atoms with Gasteiger partial charge in [0.1, 0.15) is 11.5 Å². The molecule has 14 nitrogen and oxygen atoms in total. The van der Waals surface area contributed by atoms with Gasteiger partial charge in [-0.2, -0.15) is 0 Å². The lowest BCUT2D eigenvalue weighted by atomic mass is 9.66. The van der Waals surface area contributed by atoms with Crippen molar-refractivity contribution in [2.45, 2.75) is 143 Å². The van der Waals surface area contributed by atoms with Crippen molar-refractivity contribution >= 4 is 23.9 Å². The standard InChI is InChI=1S/C50H72N2O12/c1-11-59-45(53)41-37(29-49(9,57)43(47(55)61-13-3)39(41)33-19-23-35(24-20-33)63-31(5)6)51-27-17-15-16-18-28-52-38-30-50(10,58)44(48(56)62-14-4)40(42(38)46(54)60-12-2)34-21-25-36(26-22-34)64-32(7)8/h19-26,31-32,39-40,43-44,51-52,57-58H,11-18,27-30H2,1-10H3. The van der Waals surface area contributed by atoms with E-state index in [2.05, 4.69) is 10.6 Å². The molecular formula is C50H72N2O12. The molecule has 2 aromatic rings. The summed E-state index contributed by atoms with van der Waals surface area (Å²) < 4.78 is 33.8. The predicted molar refractivity (Wildman–Crippen MR) is 242 cm³/mol. The van der Waals surface area contributed by atoms with Crippen LogP contribution in [0.2, 0.25) is 0 Å². The maximum absolute atomic E-state index is 13.8. The highest BCUT2D eigenvalue weighted by Crippen LogP contribution is 2.49. The van der Waals surface area contributed by atoms with Gasteiger partial charge in [-0.1, -0.05) is 37.1 Å². The van der Waals surface area contributed by atoms with E-state index in [9.17, 15) is 29.4 Å². The van der Waals surface area contributed by atoms with Crippen LogP contribution in [0.25, 0.3) is 0 Å². The summed E-state index contributed by atoms with van der Waals surface area (Å²) in [6.45, 7) is 19.2. The molecule has 2 aromatic carbocycles. The largest absolute Gasteiger partial charge is 0.491 e. The van der Waals surface area contributed by atoms with Gasteiger partial charge in [0, 0.05) is 49.2 Å². The number of aliphatic hydroxyl groups is 2. The summed E-state index contributed by atoms with van der Waals surface area (Å²) in [6, 6.07) is 14.4. The van der Waals surface area contributed by atoms with Crippen LogP contribution in [0.15, 0.2) is 71.1 Å². The molecule has 6 unspecified atom stereocenters. The van der Waals surface area contributed by atoms with Crippen LogP contribution in [-0.4, -0.2) is 97.0 Å². The number of carbonyl (C=O) groups is 4. The number of unbranched alkanes of at least 4 members (excludes halogenated alkanes) is 3. The van der Waals surface area contributed by atoms with Gasteiger partial charge in [-0.05, 0) is 117 Å². The van der Waals surface area contributed by atoms with Crippen molar-refractivity contribution in [3.8, 4) is 11.5 Å². The van der Waals surface area contributed by atoms with Crippen molar-refractivity contribution < 1.29 is 57.8 Å². The number of esters is 4. The third-order valence-electron chi connectivity index (χ3n) is 11.4. The van der Waals surface area contributed by atoms with Gasteiger partial charge in [-0.3, -0.25) is 9.59 Å². The lowest BCUT2D eigenvalue weighted by molar-refractivity contribution is -0.161. The molecule has 4 rings (SSSR count). The van der Waals surface area contributed by atoms with Gasteiger partial charge in [0.25, 0.3) is 0 Å². The van der Waals surface area contributed by atoms with Gasteiger partial charge in [-0.15, -0.1) is 0 Å². The Morgan fingerprint density at radius 1 is 0.562 bits per heavy atom. The highest BCUT2D eigenvalue weighted by atomic mass is 16.5. The average Bonchev–Trinajstić information content (AvgIpc) is 3.21. The molecule has 0 fully saturated rings. The first-order chi connectivity index (χ1) is 30.4. The Morgan fingerprint density at radius 3 is 1.19 bits per heavy atom. The van der Waals surface area contributed by atoms with E-state index in [0.717, 1.165) is 25.7 Å². The highest BCUT2D eigenvalue weighted by Gasteiger charge is 2.54. The van der Waals surface area contributed by atoms with Crippen LogP contribution < -0.4 is 20.1 Å². The van der Waals surface area contributed by atoms with Crippen molar-refractivity contribution in [3.63, 3.8) is 0 Å². The van der Waals surface area contributed by atoms with Crippen molar-refractivity contribution in [1.82, 2.24) is 10.6 Å². The number of rotatable bonds is 23. The summed E-state index contributed by atoms with van der Waals surface area (Å²) in [5, 5.41) is 30.7. The molecule has 354 valence electrons. The van der Waals surface area contributed by atoms with Crippen molar-refractivity contribution in [2.24, 2.45) is 11.8 Å². The highest BCUT2D eigenvalue weighted by molar-refractivity contribution is 5.94. The second-order valence-corrected chi connectivity index (χ2v) is 17.4. The summed E-state index contributed by atoms with van der Waals surface area (Å²) >= 11 is 0. The molecule has 2 aliphatic carbocycles. The third kappa shape index (κ3) is 13.2. The van der Waals surface area contributed by atoms with E-state index in [0.29, 0.717) is 47.1 Å². The quantitative estimate of drug-likeness (QED) is 0.0500. The topological polar surface area (TPSA) is 188 Å². The van der Waals surface area contributed by atoms with Gasteiger partial charge in [-0.25, -0.2) is 9.59 Å². The maximum Gasteiger partial charge on any atom is 0.336 e. The van der Waals surface area contributed by atoms with Gasteiger partial charge < -0.3 is 49.3 Å². The molecule has 0 saturated carbocycles. The molecule has 0 aliphatic heterocycles. The van der Waals surface area contributed by atoms with Crippen LogP contribution in [0.1, 0.15) is 131 Å². The third-order valence-corrected chi connectivity index (χ3v) is 11.4. The van der Waals surface area contributed by atoms with Crippen molar-refractivity contribution in [2.75, 3.05) is 39.5 Å². The Morgan fingerprint density at radius 2 is 0.891 bits per heavy atom. The van der Waals surface area contributed by atoms with Crippen LogP contribution in [0, 0.1) is 11.8 Å². The molecule has 0 saturated heterocycles. The Kier molecular flexibility index (Phi) is 19.1. The fourth-order valence-electron chi connectivity index (χ4n) is 8.88. The summed E-state index contributed by atoms with van der Waals surface area (Å²) in [5.41, 5.74) is -0.247. The fourth-order valence-corrected chi connectivity index (χ4v) is 8.88. The van der Waals surface area contributed by atoms with Crippen molar-refractivity contribution in [3.05, 3.63) is 82.2 Å². The van der Waals surface area contributed by atoms with Crippen LogP contribution in [0.5, 0.6) is 11.5 Å². The molecule has 6 atom stereocenters. The molecule has 0 spiro atoms. The first-order valence-electron chi connectivity index (χ1n) is 23.0. The molecule has 0 bridgehead atoms. The summed E-state index contributed by atoms with van der Waals surface area (Å²) in [5.74, 6) is -4.94. The molecule has 2 aliphatic rings. The van der Waals surface area contributed by atoms with Gasteiger partial charge >= 0.3 is 23.9 Å². The monoisotopic (exact) mass is 893 g/mol. The van der Waals surface area contributed by atoms with E-state index < -0.39 is 58.8 Å². The number of carbonyl (C=O) groups excluding carboxylic acids is 4. The first-order valence-corrected chi connectivity index (χ1v) is 23.0. The van der Waals surface area contributed by atoms with E-state index >= 15 is 0 Å². The molecule has 0 amide bonds. The first kappa shape index (κ1) is 51.6. The van der Waals surface area contributed by atoms with Gasteiger partial charge in [0.15, 0.2) is 0 Å². The number of ether oxygens (including phenoxy) is 6. The average molecular weight is 893 g/mol. The predicted octanol–water partition coefficient (Wildman–Crippen LogP) is 7.17. The Hall–Kier alpha value is -5.08. The molecule has 4 N–H and O–H groups in total. The Bertz CT molecular complexity index is 1790. The second-order valence-electron chi connectivity index (χ2n) is 17.4. The minimum absolute atomic E-state index is 0.00909. The van der Waals surface area contributed by atoms with Crippen LogP contribution in [-0.2, 0) is 38.1 Å². The zero-order valence-corrected chi connectivity index (χ0v) is 39.5. The van der Waals surface area contributed by atoms with Crippen LogP contribution >= 0.6 is 0 Å². The summed E-state index contributed by atoms with van der Waals surface area (Å²) in [4.78, 5) is 54.7. The molecule has 14 heteroatoms. The fraction of sp³-hybridized carbons (Fsp3) is 0.600. The summed E-state index contributed by atoms with van der Waals surface area (Å²) in [6.07, 6.45) is 2.97. The van der Waals surface area contributed by atoms with E-state index in [1.165, 1.54) is 0 Å². The second kappa shape index (κ2) is 23.7. The smallest absolute Gasteiger partial charge is 0.336 e. The minimum atomic E-state index is -1.56. The van der Waals surface area contributed by atoms with E-state index in [4.69, 9.17) is 28.4 Å². The zero-order chi connectivity index (χ0) is 47.2. The number of nitrogens with one attached hydrogen (secondary N) is 2. The minimum Gasteiger partial charge on any atom is -0.491 e. The molecular weight excluding hydrogens is 821 g/mol. The summed E-state index contributed by atoms with van der Waals surface area (Å²) in [7, 11) is 0. The van der Waals surface area contributed by atoms with E-state index in [1.54, 1.807) is 90.1 Å². The molecule has 0 aromatic heterocycles. The molecule has 0 radical (unpaired) electrons. The zero-order valence-electron chi connectivity index (χ0n) is 39.5. The maximum atomic E-state index is 13.8. The van der Waals surface area contributed by atoms with E-state index in [-0.39, 0.29) is 62.6 Å². The number of hydrogen-bond donors (Lipinski definition) is 4. The van der Waals surface area contributed by atoms with Crippen LogP contribution in [0.4, 0.5) is 0 Å². The number of benzene rings is 2. The molecule has 0 heterocycles. The van der Waals surface area contributed by atoms with Crippen LogP contribution in [0.3, 0.4) is 0 Å². The lowest BCUT2D eigenvalue weighted by Crippen LogP contribution is -2.50. The normalized spacial score (nSPS) is 23.4. The van der Waals surface area contributed by atoms with Crippen molar-refractivity contribution in [1.29, 1.82) is 0 Å².